The summed E-state index contributed by atoms with van der Waals surface area (Å²) in [5, 5.41) is 17.2. The molecule has 0 spiro atoms. The smallest absolute Gasteiger partial charge is 0.317 e. The molecule has 0 saturated heterocycles. The summed E-state index contributed by atoms with van der Waals surface area (Å²) in [6.07, 6.45) is 0.588. The van der Waals surface area contributed by atoms with Crippen LogP contribution in [-0.4, -0.2) is 73.6 Å². The van der Waals surface area contributed by atoms with Crippen LogP contribution in [0.25, 0.3) is 0 Å². The van der Waals surface area contributed by atoms with Crippen LogP contribution in [0.2, 0.25) is 0 Å². The molecule has 0 aromatic rings. The van der Waals surface area contributed by atoms with Crippen molar-refractivity contribution in [3.63, 3.8) is 0 Å². The molecule has 17 heavy (non-hydrogen) atoms. The summed E-state index contributed by atoms with van der Waals surface area (Å²) in [4.78, 5) is 22.3. The average molecular weight is 249 g/mol. The summed E-state index contributed by atoms with van der Waals surface area (Å²) in [5.74, 6) is -2.07. The van der Waals surface area contributed by atoms with Gasteiger partial charge in [-0.1, -0.05) is 0 Å². The second-order valence-electron chi connectivity index (χ2n) is 3.46. The molecule has 0 heterocycles. The van der Waals surface area contributed by atoms with E-state index in [1.807, 2.05) is 0 Å². The molecule has 0 saturated carbocycles. The number of hydrogen-bond acceptors (Lipinski definition) is 5. The molecule has 2 N–H and O–H groups in total. The topological polar surface area (TPSA) is 96.3 Å². The average Bonchev–Trinajstić information content (AvgIpc) is 2.21. The number of nitrogens with zero attached hydrogens (tertiary/aromatic N) is 1. The molecule has 0 radical (unpaired) electrons. The first-order valence-corrected chi connectivity index (χ1v) is 5.29. The number of hydrogen-bond donors (Lipinski definition) is 2. The lowest BCUT2D eigenvalue weighted by atomic mass is 10.3. The summed E-state index contributed by atoms with van der Waals surface area (Å²) in [6.45, 7) is 1.28. The van der Waals surface area contributed by atoms with E-state index in [-0.39, 0.29) is 13.1 Å². The van der Waals surface area contributed by atoms with Gasteiger partial charge in [0.1, 0.15) is 0 Å². The summed E-state index contributed by atoms with van der Waals surface area (Å²) in [7, 11) is 1.57. The molecule has 0 amide bonds. The van der Waals surface area contributed by atoms with Gasteiger partial charge in [-0.2, -0.15) is 0 Å². The second-order valence-corrected chi connectivity index (χ2v) is 3.46. The molecule has 0 rings (SSSR count). The highest BCUT2D eigenvalue weighted by molar-refractivity contribution is 5.72. The van der Waals surface area contributed by atoms with E-state index in [2.05, 4.69) is 0 Å². The zero-order valence-corrected chi connectivity index (χ0v) is 9.92. The van der Waals surface area contributed by atoms with Crippen molar-refractivity contribution in [1.29, 1.82) is 0 Å². The molecule has 7 heteroatoms. The molecular weight excluding hydrogens is 230 g/mol. The van der Waals surface area contributed by atoms with Crippen molar-refractivity contribution in [1.82, 2.24) is 4.90 Å². The molecule has 0 aliphatic rings. The molecule has 0 aliphatic heterocycles. The largest absolute Gasteiger partial charge is 0.480 e. The first kappa shape index (κ1) is 15.8. The standard InChI is InChI=1S/C10H19NO6/c1-16-5-6-17-4-2-3-11(7-9(12)13)8-10(14)15/h2-8H2,1H3,(H,12,13)(H,14,15). The molecule has 0 fully saturated rings. The highest BCUT2D eigenvalue weighted by Gasteiger charge is 2.12. The minimum atomic E-state index is -1.04. The Balaban J connectivity index is 3.68. The summed E-state index contributed by atoms with van der Waals surface area (Å²) in [6, 6.07) is 0. The Labute approximate surface area is 99.9 Å². The van der Waals surface area contributed by atoms with E-state index in [1.165, 1.54) is 4.90 Å². The molecule has 0 aliphatic carbocycles. The monoisotopic (exact) mass is 249 g/mol. The maximum atomic E-state index is 10.5. The Morgan fingerprint density at radius 1 is 1.06 bits per heavy atom. The Morgan fingerprint density at radius 3 is 2.12 bits per heavy atom. The predicted molar refractivity (Wildman–Crippen MR) is 59.0 cm³/mol. The van der Waals surface area contributed by atoms with Crippen LogP contribution in [0.3, 0.4) is 0 Å². The number of carboxylic acid groups (broad SMARTS) is 2. The number of carboxylic acids is 2. The second kappa shape index (κ2) is 10.0. The van der Waals surface area contributed by atoms with Crippen LogP contribution in [0.1, 0.15) is 6.42 Å². The quantitative estimate of drug-likeness (QED) is 0.477. The van der Waals surface area contributed by atoms with Gasteiger partial charge < -0.3 is 19.7 Å². The minimum Gasteiger partial charge on any atom is -0.480 e. The van der Waals surface area contributed by atoms with Crippen molar-refractivity contribution < 1.29 is 29.3 Å². The van der Waals surface area contributed by atoms with Gasteiger partial charge in [-0.3, -0.25) is 14.5 Å². The van der Waals surface area contributed by atoms with Gasteiger partial charge in [-0.15, -0.1) is 0 Å². The summed E-state index contributed by atoms with van der Waals surface area (Å²) < 4.78 is 9.97. The van der Waals surface area contributed by atoms with Gasteiger partial charge in [0.05, 0.1) is 26.3 Å². The Kier molecular flexibility index (Phi) is 9.31. The molecular formula is C10H19NO6. The lowest BCUT2D eigenvalue weighted by Crippen LogP contribution is -2.35. The maximum Gasteiger partial charge on any atom is 0.317 e. The van der Waals surface area contributed by atoms with Crippen LogP contribution < -0.4 is 0 Å². The molecule has 100 valence electrons. The highest BCUT2D eigenvalue weighted by atomic mass is 16.5. The van der Waals surface area contributed by atoms with Gasteiger partial charge >= 0.3 is 11.9 Å². The third kappa shape index (κ3) is 11.1. The van der Waals surface area contributed by atoms with E-state index >= 15 is 0 Å². The van der Waals surface area contributed by atoms with Crippen molar-refractivity contribution in [2.24, 2.45) is 0 Å². The van der Waals surface area contributed by atoms with Crippen LogP contribution in [0.5, 0.6) is 0 Å². The number of rotatable bonds is 11. The third-order valence-corrected chi connectivity index (χ3v) is 1.91. The third-order valence-electron chi connectivity index (χ3n) is 1.91. The van der Waals surface area contributed by atoms with Crippen LogP contribution in [0.4, 0.5) is 0 Å². The first-order chi connectivity index (χ1) is 8.06. The maximum absolute atomic E-state index is 10.5. The lowest BCUT2D eigenvalue weighted by Gasteiger charge is -2.17. The van der Waals surface area contributed by atoms with Gasteiger partial charge in [0, 0.05) is 20.3 Å². The molecule has 0 aromatic heterocycles. The fourth-order valence-corrected chi connectivity index (χ4v) is 1.23. The SMILES string of the molecule is COCCOCCCN(CC(=O)O)CC(=O)O. The fourth-order valence-electron chi connectivity index (χ4n) is 1.23. The molecule has 0 bridgehead atoms. The van der Waals surface area contributed by atoms with Gasteiger partial charge in [0.2, 0.25) is 0 Å². The van der Waals surface area contributed by atoms with E-state index in [0.717, 1.165) is 0 Å². The zero-order chi connectivity index (χ0) is 13.1. The highest BCUT2D eigenvalue weighted by Crippen LogP contribution is 1.93. The minimum absolute atomic E-state index is 0.273. The van der Waals surface area contributed by atoms with Crippen molar-refractivity contribution >= 4 is 11.9 Å². The Hall–Kier alpha value is -1.18. The normalized spacial score (nSPS) is 10.7. The number of carbonyl (C=O) groups is 2. The van der Waals surface area contributed by atoms with Gasteiger partial charge in [0.15, 0.2) is 0 Å². The summed E-state index contributed by atoms with van der Waals surface area (Å²) >= 11 is 0. The van der Waals surface area contributed by atoms with Gasteiger partial charge in [0.25, 0.3) is 0 Å². The number of methoxy groups -OCH3 is 1. The van der Waals surface area contributed by atoms with Crippen molar-refractivity contribution in [2.45, 2.75) is 6.42 Å². The first-order valence-electron chi connectivity index (χ1n) is 5.29. The van der Waals surface area contributed by atoms with Crippen molar-refractivity contribution in [2.75, 3.05) is 46.6 Å². The predicted octanol–water partition coefficient (Wildman–Crippen LogP) is -0.489. The number of aliphatic carboxylic acids is 2. The van der Waals surface area contributed by atoms with Crippen molar-refractivity contribution in [3.05, 3.63) is 0 Å². The Morgan fingerprint density at radius 2 is 1.65 bits per heavy atom. The summed E-state index contributed by atoms with van der Waals surface area (Å²) in [5.41, 5.74) is 0. The molecule has 0 aromatic carbocycles. The van der Waals surface area contributed by atoms with Crippen LogP contribution in [-0.2, 0) is 19.1 Å². The Bertz CT molecular complexity index is 217. The fraction of sp³-hybridized carbons (Fsp3) is 0.800. The van der Waals surface area contributed by atoms with E-state index in [0.29, 0.717) is 32.8 Å². The van der Waals surface area contributed by atoms with E-state index in [9.17, 15) is 9.59 Å². The van der Waals surface area contributed by atoms with E-state index in [4.69, 9.17) is 19.7 Å². The van der Waals surface area contributed by atoms with Crippen LogP contribution in [0.15, 0.2) is 0 Å². The molecule has 0 unspecified atom stereocenters. The van der Waals surface area contributed by atoms with Crippen LogP contribution in [0, 0.1) is 0 Å². The molecule has 7 nitrogen and oxygen atoms in total. The van der Waals surface area contributed by atoms with Crippen molar-refractivity contribution in [3.8, 4) is 0 Å². The number of ether oxygens (including phenoxy) is 2. The zero-order valence-electron chi connectivity index (χ0n) is 9.92. The molecule has 0 atom stereocenters. The van der Waals surface area contributed by atoms with Crippen LogP contribution >= 0.6 is 0 Å². The lowest BCUT2D eigenvalue weighted by molar-refractivity contribution is -0.141. The van der Waals surface area contributed by atoms with Gasteiger partial charge in [-0.25, -0.2) is 0 Å². The van der Waals surface area contributed by atoms with Gasteiger partial charge in [-0.05, 0) is 6.42 Å². The van der Waals surface area contributed by atoms with E-state index < -0.39 is 11.9 Å². The van der Waals surface area contributed by atoms with E-state index in [1.54, 1.807) is 7.11 Å².